The maximum Gasteiger partial charge on any atom is 0.416 e. The van der Waals surface area contributed by atoms with Crippen molar-refractivity contribution in [2.75, 3.05) is 0 Å². The van der Waals surface area contributed by atoms with E-state index in [0.717, 1.165) is 12.1 Å². The minimum atomic E-state index is -4.42. The molecular weight excluding hydrogens is 405 g/mol. The van der Waals surface area contributed by atoms with Crippen molar-refractivity contribution < 1.29 is 26.4 Å². The van der Waals surface area contributed by atoms with E-state index in [0.29, 0.717) is 16.7 Å². The molecule has 2 rings (SSSR count). The molecule has 0 saturated heterocycles. The van der Waals surface area contributed by atoms with Crippen molar-refractivity contribution in [3.05, 3.63) is 70.8 Å². The number of benzene rings is 2. The smallest absolute Gasteiger partial charge is 0.352 e. The summed E-state index contributed by atoms with van der Waals surface area (Å²) in [5.41, 5.74) is 0.900. The van der Waals surface area contributed by atoms with Crippen LogP contribution in [0, 0.1) is 0 Å². The van der Waals surface area contributed by atoms with Gasteiger partial charge in [0.05, 0.1) is 17.7 Å². The molecule has 0 atom stereocenters. The molecule has 0 bridgehead atoms. The van der Waals surface area contributed by atoms with E-state index in [4.69, 9.17) is 0 Å². The van der Waals surface area contributed by atoms with Crippen LogP contribution in [0.3, 0.4) is 0 Å². The first-order valence-electron chi connectivity index (χ1n) is 8.96. The molecule has 0 aliphatic rings. The van der Waals surface area contributed by atoms with E-state index in [-0.39, 0.29) is 30.7 Å². The number of sulfonamides is 1. The van der Waals surface area contributed by atoms with Crippen LogP contribution in [0.5, 0.6) is 0 Å². The Morgan fingerprint density at radius 2 is 1.59 bits per heavy atom. The van der Waals surface area contributed by atoms with E-state index in [2.05, 4.69) is 10.0 Å². The third-order valence-corrected chi connectivity index (χ3v) is 5.52. The number of hydrogen-bond donors (Lipinski definition) is 2. The van der Waals surface area contributed by atoms with Crippen molar-refractivity contribution in [1.29, 1.82) is 0 Å². The lowest BCUT2D eigenvalue weighted by Gasteiger charge is -2.13. The second kappa shape index (κ2) is 9.41. The molecule has 0 aromatic heterocycles. The molecule has 0 fully saturated rings. The highest BCUT2D eigenvalue weighted by Crippen LogP contribution is 2.29. The molecule has 0 radical (unpaired) electrons. The minimum Gasteiger partial charge on any atom is -0.352 e. The zero-order chi connectivity index (χ0) is 21.7. The number of carbonyl (C=O) groups is 1. The standard InChI is InChI=1S/C20H23F3N2O3S/c1-14(2)25-29(27,28)13-17-6-4-3-5-16(17)12-24-19(26)11-15-7-9-18(10-8-15)20(21,22)23/h3-10,14,25H,11-13H2,1-2H3,(H,24,26). The zero-order valence-corrected chi connectivity index (χ0v) is 16.9. The maximum absolute atomic E-state index is 12.6. The van der Waals surface area contributed by atoms with Gasteiger partial charge in [-0.2, -0.15) is 13.2 Å². The Labute approximate surface area is 168 Å². The summed E-state index contributed by atoms with van der Waals surface area (Å²) in [4.78, 5) is 12.1. The average Bonchev–Trinajstić information content (AvgIpc) is 2.59. The first-order chi connectivity index (χ1) is 13.5. The van der Waals surface area contributed by atoms with Gasteiger partial charge in [-0.25, -0.2) is 13.1 Å². The normalized spacial score (nSPS) is 12.2. The molecule has 2 N–H and O–H groups in total. The molecule has 0 aliphatic heterocycles. The largest absolute Gasteiger partial charge is 0.416 e. The van der Waals surface area contributed by atoms with E-state index in [1.54, 1.807) is 38.1 Å². The number of alkyl halides is 3. The summed E-state index contributed by atoms with van der Waals surface area (Å²) in [6.07, 6.45) is -4.50. The van der Waals surface area contributed by atoms with Gasteiger partial charge >= 0.3 is 6.18 Å². The van der Waals surface area contributed by atoms with Crippen molar-refractivity contribution in [3.8, 4) is 0 Å². The molecule has 158 valence electrons. The molecule has 0 spiro atoms. The van der Waals surface area contributed by atoms with Gasteiger partial charge in [-0.3, -0.25) is 4.79 Å². The molecule has 2 aromatic carbocycles. The highest BCUT2D eigenvalue weighted by atomic mass is 32.2. The van der Waals surface area contributed by atoms with Gasteiger partial charge in [-0.05, 0) is 42.7 Å². The first-order valence-corrected chi connectivity index (χ1v) is 10.6. The van der Waals surface area contributed by atoms with E-state index in [1.165, 1.54) is 12.1 Å². The second-order valence-electron chi connectivity index (χ2n) is 6.95. The zero-order valence-electron chi connectivity index (χ0n) is 16.1. The van der Waals surface area contributed by atoms with Crippen LogP contribution in [0.25, 0.3) is 0 Å². The van der Waals surface area contributed by atoms with E-state index < -0.39 is 21.8 Å². The van der Waals surface area contributed by atoms with Gasteiger partial charge in [-0.15, -0.1) is 0 Å². The molecular formula is C20H23F3N2O3S. The summed E-state index contributed by atoms with van der Waals surface area (Å²) in [6, 6.07) is 11.0. The van der Waals surface area contributed by atoms with Gasteiger partial charge in [0.15, 0.2) is 0 Å². The summed E-state index contributed by atoms with van der Waals surface area (Å²) in [7, 11) is -3.51. The Morgan fingerprint density at radius 3 is 2.14 bits per heavy atom. The van der Waals surface area contributed by atoms with Crippen LogP contribution in [-0.4, -0.2) is 20.4 Å². The molecule has 0 heterocycles. The average molecular weight is 428 g/mol. The van der Waals surface area contributed by atoms with Crippen molar-refractivity contribution in [1.82, 2.24) is 10.0 Å². The van der Waals surface area contributed by atoms with Crippen LogP contribution >= 0.6 is 0 Å². The summed E-state index contributed by atoms with van der Waals surface area (Å²) in [5.74, 6) is -0.585. The van der Waals surface area contributed by atoms with Gasteiger partial charge in [0.2, 0.25) is 15.9 Å². The molecule has 29 heavy (non-hydrogen) atoms. The Hall–Kier alpha value is -2.39. The van der Waals surface area contributed by atoms with Gasteiger partial charge in [0, 0.05) is 12.6 Å². The van der Waals surface area contributed by atoms with Crippen molar-refractivity contribution in [3.63, 3.8) is 0 Å². The fourth-order valence-electron chi connectivity index (χ4n) is 2.73. The fraction of sp³-hybridized carbons (Fsp3) is 0.350. The summed E-state index contributed by atoms with van der Waals surface area (Å²) >= 11 is 0. The fourth-order valence-corrected chi connectivity index (χ4v) is 4.22. The molecule has 0 saturated carbocycles. The van der Waals surface area contributed by atoms with Crippen molar-refractivity contribution in [2.24, 2.45) is 0 Å². The molecule has 5 nitrogen and oxygen atoms in total. The predicted octanol–water partition coefficient (Wildman–Crippen LogP) is 3.39. The number of rotatable bonds is 8. The predicted molar refractivity (Wildman–Crippen MR) is 104 cm³/mol. The number of nitrogens with one attached hydrogen (secondary N) is 2. The van der Waals surface area contributed by atoms with E-state index in [9.17, 15) is 26.4 Å². The number of halogens is 3. The topological polar surface area (TPSA) is 75.3 Å². The van der Waals surface area contributed by atoms with Crippen molar-refractivity contribution in [2.45, 2.75) is 44.8 Å². The lowest BCUT2D eigenvalue weighted by atomic mass is 10.1. The van der Waals surface area contributed by atoms with Crippen LogP contribution in [0.2, 0.25) is 0 Å². The summed E-state index contributed by atoms with van der Waals surface area (Å²) in [6.45, 7) is 3.57. The first kappa shape index (κ1) is 22.9. The maximum atomic E-state index is 12.6. The lowest BCUT2D eigenvalue weighted by Crippen LogP contribution is -2.32. The van der Waals surface area contributed by atoms with Gasteiger partial charge < -0.3 is 5.32 Å². The summed E-state index contributed by atoms with van der Waals surface area (Å²) in [5, 5.41) is 2.68. The number of amides is 1. The van der Waals surface area contributed by atoms with Gasteiger partial charge in [-0.1, -0.05) is 36.4 Å². The van der Waals surface area contributed by atoms with Crippen molar-refractivity contribution >= 4 is 15.9 Å². The summed E-state index contributed by atoms with van der Waals surface area (Å²) < 4.78 is 64.6. The Bertz CT molecular complexity index is 940. The van der Waals surface area contributed by atoms with E-state index >= 15 is 0 Å². The minimum absolute atomic E-state index is 0.0759. The third kappa shape index (κ3) is 7.51. The molecule has 9 heteroatoms. The Morgan fingerprint density at radius 1 is 1.00 bits per heavy atom. The third-order valence-electron chi connectivity index (χ3n) is 4.00. The lowest BCUT2D eigenvalue weighted by molar-refractivity contribution is -0.137. The van der Waals surface area contributed by atoms with Crippen LogP contribution in [-0.2, 0) is 39.7 Å². The van der Waals surface area contributed by atoms with Crippen LogP contribution in [0.4, 0.5) is 13.2 Å². The molecule has 0 unspecified atom stereocenters. The van der Waals surface area contributed by atoms with Crippen LogP contribution in [0.15, 0.2) is 48.5 Å². The highest BCUT2D eigenvalue weighted by Gasteiger charge is 2.30. The van der Waals surface area contributed by atoms with Gasteiger partial charge in [0.1, 0.15) is 0 Å². The SMILES string of the molecule is CC(C)NS(=O)(=O)Cc1ccccc1CNC(=O)Cc1ccc(C(F)(F)F)cc1. The molecule has 0 aliphatic carbocycles. The van der Waals surface area contributed by atoms with E-state index in [1.807, 2.05) is 0 Å². The monoisotopic (exact) mass is 428 g/mol. The molecule has 2 aromatic rings. The van der Waals surface area contributed by atoms with Crippen LogP contribution in [0.1, 0.15) is 36.1 Å². The Kier molecular flexibility index (Phi) is 7.43. The van der Waals surface area contributed by atoms with Crippen LogP contribution < -0.4 is 10.0 Å². The second-order valence-corrected chi connectivity index (χ2v) is 8.70. The molecule has 1 amide bonds. The Balaban J connectivity index is 1.98. The van der Waals surface area contributed by atoms with Gasteiger partial charge in [0.25, 0.3) is 0 Å². The number of carbonyl (C=O) groups excluding carboxylic acids is 1. The quantitative estimate of drug-likeness (QED) is 0.677. The highest BCUT2D eigenvalue weighted by molar-refractivity contribution is 7.88. The number of hydrogen-bond acceptors (Lipinski definition) is 3.